The van der Waals surface area contributed by atoms with Crippen LogP contribution in [-0.2, 0) is 9.53 Å². The molecule has 0 saturated carbocycles. The average Bonchev–Trinajstić information content (AvgIpc) is 3.20. The van der Waals surface area contributed by atoms with E-state index in [1.165, 1.54) is 23.5 Å². The molecule has 3 N–H and O–H groups in total. The Morgan fingerprint density at radius 1 is 1.39 bits per heavy atom. The smallest absolute Gasteiger partial charge is 0.340 e. The van der Waals surface area contributed by atoms with Gasteiger partial charge in [0.1, 0.15) is 5.69 Å². The first kappa shape index (κ1) is 21.8. The summed E-state index contributed by atoms with van der Waals surface area (Å²) in [7, 11) is 0. The van der Waals surface area contributed by atoms with E-state index >= 15 is 0 Å². The van der Waals surface area contributed by atoms with Gasteiger partial charge in [-0.25, -0.2) is 14.8 Å². The molecule has 2 aromatic heterocycles. The number of thiophene rings is 1. The summed E-state index contributed by atoms with van der Waals surface area (Å²) in [5.74, 6) is -0.702. The van der Waals surface area contributed by atoms with Crippen LogP contribution in [0.25, 0.3) is 20.7 Å². The number of anilines is 1. The molecule has 0 bridgehead atoms. The number of ether oxygens (including phenoxy) is 1. The summed E-state index contributed by atoms with van der Waals surface area (Å²) in [5, 5.41) is 4.51. The maximum Gasteiger partial charge on any atom is 0.340 e. The molecule has 0 radical (unpaired) electrons. The summed E-state index contributed by atoms with van der Waals surface area (Å²) >= 11 is 7.97. The van der Waals surface area contributed by atoms with E-state index in [1.807, 2.05) is 12.1 Å². The Morgan fingerprint density at radius 3 is 2.88 bits per heavy atom. The summed E-state index contributed by atoms with van der Waals surface area (Å²) in [5.41, 5.74) is 4.90. The molecule has 1 saturated heterocycles. The summed E-state index contributed by atoms with van der Waals surface area (Å²) < 4.78 is 6.26. The van der Waals surface area contributed by atoms with Crippen molar-refractivity contribution >= 4 is 50.8 Å². The van der Waals surface area contributed by atoms with Gasteiger partial charge < -0.3 is 20.7 Å². The maximum absolute atomic E-state index is 12.8. The molecule has 5 rings (SSSR count). The third kappa shape index (κ3) is 3.96. The molecule has 1 fully saturated rings. The summed E-state index contributed by atoms with van der Waals surface area (Å²) in [6, 6.07) is 7.56. The molecule has 1 unspecified atom stereocenters. The van der Waals surface area contributed by atoms with Crippen LogP contribution in [0.5, 0.6) is 0 Å². The molecule has 10 heteroatoms. The van der Waals surface area contributed by atoms with E-state index in [1.54, 1.807) is 18.3 Å². The number of carbonyl (C=O) groups is 2. The lowest BCUT2D eigenvalue weighted by molar-refractivity contribution is -0.127. The number of likely N-dealkylation sites (N-methyl/N-ethyl adjacent to an activating group) is 1. The Kier molecular flexibility index (Phi) is 5.55. The van der Waals surface area contributed by atoms with Gasteiger partial charge in [-0.15, -0.1) is 11.3 Å². The van der Waals surface area contributed by atoms with E-state index in [0.717, 1.165) is 35.6 Å². The highest BCUT2D eigenvalue weighted by Gasteiger charge is 2.45. The van der Waals surface area contributed by atoms with Crippen LogP contribution in [-0.4, -0.2) is 53.1 Å². The van der Waals surface area contributed by atoms with Crippen molar-refractivity contribution in [2.24, 2.45) is 5.73 Å². The first-order valence-corrected chi connectivity index (χ1v) is 11.9. The van der Waals surface area contributed by atoms with Gasteiger partial charge in [0.2, 0.25) is 11.5 Å². The van der Waals surface area contributed by atoms with Gasteiger partial charge in [0.05, 0.1) is 21.7 Å². The van der Waals surface area contributed by atoms with Gasteiger partial charge in [0, 0.05) is 29.2 Å². The van der Waals surface area contributed by atoms with Gasteiger partial charge in [-0.1, -0.05) is 17.7 Å². The van der Waals surface area contributed by atoms with Gasteiger partial charge in [-0.3, -0.25) is 4.79 Å². The second-order valence-corrected chi connectivity index (χ2v) is 9.50. The van der Waals surface area contributed by atoms with Crippen LogP contribution in [0.4, 0.5) is 5.95 Å². The Hall–Kier alpha value is -3.01. The fourth-order valence-electron chi connectivity index (χ4n) is 4.06. The van der Waals surface area contributed by atoms with Crippen molar-refractivity contribution in [1.29, 1.82) is 0 Å². The number of halogens is 1. The van der Waals surface area contributed by atoms with E-state index in [0.29, 0.717) is 33.7 Å². The zero-order valence-electron chi connectivity index (χ0n) is 17.9. The lowest BCUT2D eigenvalue weighted by atomic mass is 10.1. The predicted molar refractivity (Wildman–Crippen MR) is 129 cm³/mol. The van der Waals surface area contributed by atoms with Gasteiger partial charge in [0.25, 0.3) is 5.91 Å². The highest BCUT2D eigenvalue weighted by atomic mass is 35.5. The number of esters is 1. The number of primary amides is 1. The standard InChI is InChI=1S/C23H22ClN5O3S/c1-2-29(13-6-9-26-11-13)22-27-12-16(24)19(28-22)18-10-15-14(4-3-5-17(15)33-18)20(30)32-23(7-8-23)21(25)31/h3-5,7-8,10,12-13,26H,2,6,9,11H2,1H3,(H2,25,31). The van der Waals surface area contributed by atoms with Gasteiger partial charge in [0.15, 0.2) is 0 Å². The first-order chi connectivity index (χ1) is 15.9. The quantitative estimate of drug-likeness (QED) is 0.392. The van der Waals surface area contributed by atoms with Crippen LogP contribution in [0.2, 0.25) is 5.02 Å². The average molecular weight is 484 g/mol. The Morgan fingerprint density at radius 2 is 2.21 bits per heavy atom. The number of nitrogens with one attached hydrogen (secondary N) is 1. The van der Waals surface area contributed by atoms with Crippen LogP contribution in [0.15, 0.2) is 42.6 Å². The van der Waals surface area contributed by atoms with Crippen molar-refractivity contribution in [2.45, 2.75) is 25.0 Å². The molecular weight excluding hydrogens is 462 g/mol. The fourth-order valence-corrected chi connectivity index (χ4v) is 5.40. The maximum atomic E-state index is 12.8. The van der Waals surface area contributed by atoms with E-state index in [2.05, 4.69) is 22.1 Å². The SMILES string of the molecule is CCN(c1ncc(Cl)c(-c2cc3c(C(=O)OC4(C(N)=O)C=C4)cccc3s2)n1)C1CCNC1. The molecular formula is C23H22ClN5O3S. The number of rotatable bonds is 7. The van der Waals surface area contributed by atoms with Gasteiger partial charge in [-0.2, -0.15) is 0 Å². The normalized spacial score (nSPS) is 18.4. The van der Waals surface area contributed by atoms with Gasteiger partial charge >= 0.3 is 5.97 Å². The van der Waals surface area contributed by atoms with Crippen LogP contribution < -0.4 is 16.0 Å². The number of hydrogen-bond donors (Lipinski definition) is 2. The van der Waals surface area contributed by atoms with Crippen LogP contribution >= 0.6 is 22.9 Å². The number of nitrogens with zero attached hydrogens (tertiary/aromatic N) is 3. The van der Waals surface area contributed by atoms with Gasteiger partial charge in [-0.05, 0) is 50.2 Å². The highest BCUT2D eigenvalue weighted by Crippen LogP contribution is 2.39. The number of benzene rings is 1. The molecule has 1 aliphatic heterocycles. The summed E-state index contributed by atoms with van der Waals surface area (Å²) in [6.07, 6.45) is 5.59. The number of aromatic nitrogens is 2. The molecule has 1 atom stereocenters. The van der Waals surface area contributed by atoms with Crippen molar-refractivity contribution in [1.82, 2.24) is 15.3 Å². The summed E-state index contributed by atoms with van der Waals surface area (Å²) in [6.45, 7) is 4.74. The zero-order chi connectivity index (χ0) is 23.2. The molecule has 0 spiro atoms. The molecule has 2 aliphatic rings. The fraction of sp³-hybridized carbons (Fsp3) is 0.304. The van der Waals surface area contributed by atoms with Crippen LogP contribution in [0.3, 0.4) is 0 Å². The Bertz CT molecular complexity index is 1280. The largest absolute Gasteiger partial charge is 0.437 e. The minimum absolute atomic E-state index is 0.335. The molecule has 1 aliphatic carbocycles. The number of nitrogens with two attached hydrogens (primary N) is 1. The molecule has 8 nitrogen and oxygen atoms in total. The predicted octanol–water partition coefficient (Wildman–Crippen LogP) is 3.15. The third-order valence-electron chi connectivity index (χ3n) is 5.93. The topological polar surface area (TPSA) is 110 Å². The van der Waals surface area contributed by atoms with Crippen molar-refractivity contribution in [3.8, 4) is 10.6 Å². The third-order valence-corrected chi connectivity index (χ3v) is 7.32. The number of fused-ring (bicyclic) bond motifs is 1. The molecule has 1 aromatic carbocycles. The first-order valence-electron chi connectivity index (χ1n) is 10.7. The van der Waals surface area contributed by atoms with E-state index in [-0.39, 0.29) is 0 Å². The lowest BCUT2D eigenvalue weighted by Gasteiger charge is -2.27. The van der Waals surface area contributed by atoms with E-state index in [9.17, 15) is 9.59 Å². The Labute approximate surface area is 199 Å². The van der Waals surface area contributed by atoms with Crippen molar-refractivity contribution in [2.75, 3.05) is 24.5 Å². The van der Waals surface area contributed by atoms with Crippen molar-refractivity contribution < 1.29 is 14.3 Å². The molecule has 33 heavy (non-hydrogen) atoms. The molecule has 1 amide bonds. The minimum atomic E-state index is -1.42. The lowest BCUT2D eigenvalue weighted by Crippen LogP contribution is -2.38. The molecule has 170 valence electrons. The number of amides is 1. The monoisotopic (exact) mass is 483 g/mol. The molecule has 3 heterocycles. The highest BCUT2D eigenvalue weighted by molar-refractivity contribution is 7.22. The van der Waals surface area contributed by atoms with Crippen molar-refractivity contribution in [3.05, 3.63) is 53.2 Å². The van der Waals surface area contributed by atoms with Crippen molar-refractivity contribution in [3.63, 3.8) is 0 Å². The van der Waals surface area contributed by atoms with Crippen LogP contribution in [0.1, 0.15) is 23.7 Å². The minimum Gasteiger partial charge on any atom is -0.437 e. The van der Waals surface area contributed by atoms with E-state index < -0.39 is 17.5 Å². The number of carbonyl (C=O) groups excluding carboxylic acids is 2. The Balaban J connectivity index is 1.50. The summed E-state index contributed by atoms with van der Waals surface area (Å²) in [4.78, 5) is 36.7. The number of hydrogen-bond acceptors (Lipinski definition) is 8. The molecule has 3 aromatic rings. The zero-order valence-corrected chi connectivity index (χ0v) is 19.4. The van der Waals surface area contributed by atoms with E-state index in [4.69, 9.17) is 27.1 Å². The second kappa shape index (κ2) is 8.40. The second-order valence-electron chi connectivity index (χ2n) is 8.01. The van der Waals surface area contributed by atoms with Crippen LogP contribution in [0, 0.1) is 0 Å².